The summed E-state index contributed by atoms with van der Waals surface area (Å²) in [5.41, 5.74) is -0.916. The standard InChI is InChI=1S/C16H30N4O2S.HI/c1-12(2)20-13(21)8-19(10-15(20,3)4)14(17-5)18-9-16(22)6-7-23-11-16;/h12,22H,6-11H2,1-5H3,(H,17,18);1H. The highest BCUT2D eigenvalue weighted by Crippen LogP contribution is 2.27. The van der Waals surface area contributed by atoms with E-state index in [1.165, 1.54) is 0 Å². The van der Waals surface area contributed by atoms with Gasteiger partial charge in [-0.15, -0.1) is 24.0 Å². The molecule has 8 heteroatoms. The van der Waals surface area contributed by atoms with Crippen molar-refractivity contribution in [3.63, 3.8) is 0 Å². The normalized spacial score (nSPS) is 27.5. The quantitative estimate of drug-likeness (QED) is 0.371. The number of hydrogen-bond acceptors (Lipinski definition) is 4. The molecule has 0 radical (unpaired) electrons. The Balaban J connectivity index is 0.00000288. The number of halogens is 1. The van der Waals surface area contributed by atoms with E-state index in [1.54, 1.807) is 18.8 Å². The third-order valence-corrected chi connectivity index (χ3v) is 5.74. The highest BCUT2D eigenvalue weighted by molar-refractivity contribution is 14.0. The fourth-order valence-corrected chi connectivity index (χ4v) is 4.92. The molecule has 0 aromatic rings. The van der Waals surface area contributed by atoms with Gasteiger partial charge in [0.25, 0.3) is 0 Å². The average molecular weight is 470 g/mol. The van der Waals surface area contributed by atoms with Crippen LogP contribution in [0.2, 0.25) is 0 Å². The summed E-state index contributed by atoms with van der Waals surface area (Å²) in [6.45, 7) is 9.81. The number of piperazine rings is 1. The number of rotatable bonds is 3. The topological polar surface area (TPSA) is 68.2 Å². The van der Waals surface area contributed by atoms with E-state index in [1.807, 2.05) is 9.80 Å². The summed E-state index contributed by atoms with van der Waals surface area (Å²) < 4.78 is 0. The molecule has 0 spiro atoms. The predicted octanol–water partition coefficient (Wildman–Crippen LogP) is 1.38. The molecule has 1 amide bonds. The maximum Gasteiger partial charge on any atom is 0.242 e. The molecule has 6 nitrogen and oxygen atoms in total. The number of nitrogens with one attached hydrogen (secondary N) is 1. The first-order valence-electron chi connectivity index (χ1n) is 8.26. The van der Waals surface area contributed by atoms with Gasteiger partial charge in [-0.05, 0) is 39.9 Å². The number of carbonyl (C=O) groups is 1. The van der Waals surface area contributed by atoms with Crippen molar-refractivity contribution < 1.29 is 9.90 Å². The molecule has 2 aliphatic heterocycles. The zero-order chi connectivity index (χ0) is 17.3. The maximum atomic E-state index is 12.6. The lowest BCUT2D eigenvalue weighted by molar-refractivity contribution is -0.145. The predicted molar refractivity (Wildman–Crippen MR) is 111 cm³/mol. The van der Waals surface area contributed by atoms with E-state index in [0.717, 1.165) is 24.5 Å². The molecule has 0 aromatic heterocycles. The fourth-order valence-electron chi connectivity index (χ4n) is 3.62. The summed E-state index contributed by atoms with van der Waals surface area (Å²) in [6, 6.07) is 0.186. The molecule has 24 heavy (non-hydrogen) atoms. The fraction of sp³-hybridized carbons (Fsp3) is 0.875. The number of aliphatic hydroxyl groups is 1. The number of hydrogen-bond donors (Lipinski definition) is 2. The molecule has 2 aliphatic rings. The van der Waals surface area contributed by atoms with E-state index in [-0.39, 0.29) is 41.5 Å². The minimum Gasteiger partial charge on any atom is -0.387 e. The molecule has 2 fully saturated rings. The molecule has 2 heterocycles. The summed E-state index contributed by atoms with van der Waals surface area (Å²) in [6.07, 6.45) is 0.799. The molecular formula is C16H31IN4O2S. The van der Waals surface area contributed by atoms with Crippen molar-refractivity contribution in [1.82, 2.24) is 15.1 Å². The Morgan fingerprint density at radius 2 is 2.12 bits per heavy atom. The largest absolute Gasteiger partial charge is 0.387 e. The van der Waals surface area contributed by atoms with Crippen LogP contribution in [0, 0.1) is 0 Å². The van der Waals surface area contributed by atoms with Crippen LogP contribution in [0.25, 0.3) is 0 Å². The third kappa shape index (κ3) is 4.91. The van der Waals surface area contributed by atoms with Gasteiger partial charge in [-0.3, -0.25) is 9.79 Å². The van der Waals surface area contributed by atoms with Crippen molar-refractivity contribution in [1.29, 1.82) is 0 Å². The van der Waals surface area contributed by atoms with Crippen LogP contribution in [-0.4, -0.2) is 82.1 Å². The smallest absolute Gasteiger partial charge is 0.242 e. The molecule has 2 N–H and O–H groups in total. The van der Waals surface area contributed by atoms with E-state index in [0.29, 0.717) is 19.0 Å². The van der Waals surface area contributed by atoms with Crippen molar-refractivity contribution in [2.45, 2.75) is 51.3 Å². The molecule has 1 atom stereocenters. The number of amides is 1. The molecule has 1 unspecified atom stereocenters. The first-order valence-corrected chi connectivity index (χ1v) is 9.42. The molecule has 0 aromatic carbocycles. The van der Waals surface area contributed by atoms with Gasteiger partial charge in [0.15, 0.2) is 5.96 Å². The maximum absolute atomic E-state index is 12.6. The van der Waals surface area contributed by atoms with E-state index >= 15 is 0 Å². The van der Waals surface area contributed by atoms with Gasteiger partial charge in [-0.2, -0.15) is 11.8 Å². The Morgan fingerprint density at radius 1 is 1.46 bits per heavy atom. The van der Waals surface area contributed by atoms with E-state index in [4.69, 9.17) is 0 Å². The Bertz CT molecular complexity index is 479. The van der Waals surface area contributed by atoms with Gasteiger partial charge in [-0.25, -0.2) is 0 Å². The van der Waals surface area contributed by atoms with Crippen molar-refractivity contribution >= 4 is 47.6 Å². The zero-order valence-electron chi connectivity index (χ0n) is 15.3. The summed E-state index contributed by atoms with van der Waals surface area (Å²) in [5.74, 6) is 2.56. The third-order valence-electron chi connectivity index (χ3n) is 4.51. The van der Waals surface area contributed by atoms with Gasteiger partial charge < -0.3 is 20.2 Å². The number of thioether (sulfide) groups is 1. The Hall–Kier alpha value is -0.220. The van der Waals surface area contributed by atoms with E-state index in [9.17, 15) is 9.90 Å². The molecule has 2 rings (SSSR count). The Labute approximate surface area is 166 Å². The van der Waals surface area contributed by atoms with Crippen LogP contribution < -0.4 is 5.32 Å². The van der Waals surface area contributed by atoms with Gasteiger partial charge in [0.2, 0.25) is 5.91 Å². The van der Waals surface area contributed by atoms with Crippen LogP contribution in [0.5, 0.6) is 0 Å². The molecule has 2 saturated heterocycles. The van der Waals surface area contributed by atoms with Gasteiger partial charge in [0.05, 0.1) is 17.7 Å². The number of carbonyl (C=O) groups excluding carboxylic acids is 1. The monoisotopic (exact) mass is 470 g/mol. The number of aliphatic imine (C=N–C) groups is 1. The lowest BCUT2D eigenvalue weighted by atomic mass is 9.96. The molecule has 0 bridgehead atoms. The summed E-state index contributed by atoms with van der Waals surface area (Å²) >= 11 is 1.78. The van der Waals surface area contributed by atoms with Gasteiger partial charge >= 0.3 is 0 Å². The summed E-state index contributed by atoms with van der Waals surface area (Å²) in [7, 11) is 1.72. The van der Waals surface area contributed by atoms with Crippen molar-refractivity contribution in [3.05, 3.63) is 0 Å². The lowest BCUT2D eigenvalue weighted by Gasteiger charge is -2.49. The van der Waals surface area contributed by atoms with Crippen LogP contribution >= 0.6 is 35.7 Å². The van der Waals surface area contributed by atoms with Crippen LogP contribution in [0.1, 0.15) is 34.1 Å². The van der Waals surface area contributed by atoms with Crippen LogP contribution in [0.3, 0.4) is 0 Å². The van der Waals surface area contributed by atoms with Gasteiger partial charge in [0, 0.05) is 31.9 Å². The van der Waals surface area contributed by atoms with Crippen LogP contribution in [-0.2, 0) is 4.79 Å². The zero-order valence-corrected chi connectivity index (χ0v) is 18.5. The van der Waals surface area contributed by atoms with E-state index < -0.39 is 5.60 Å². The first kappa shape index (κ1) is 21.8. The second-order valence-corrected chi connectivity index (χ2v) is 8.56. The molecule has 0 aliphatic carbocycles. The summed E-state index contributed by atoms with van der Waals surface area (Å²) in [5, 5.41) is 13.7. The SMILES string of the molecule is CN=C(NCC1(O)CCSC1)N1CC(=O)N(C(C)C)C(C)(C)C1.I. The number of guanidine groups is 1. The molecule has 140 valence electrons. The molecular weight excluding hydrogens is 439 g/mol. The minimum atomic E-state index is -0.667. The van der Waals surface area contributed by atoms with Crippen LogP contribution in [0.4, 0.5) is 0 Å². The first-order chi connectivity index (χ1) is 10.7. The van der Waals surface area contributed by atoms with Crippen molar-refractivity contribution in [2.24, 2.45) is 4.99 Å². The lowest BCUT2D eigenvalue weighted by Crippen LogP contribution is -2.66. The Morgan fingerprint density at radius 3 is 2.58 bits per heavy atom. The Kier molecular flexibility index (Phi) is 7.67. The summed E-state index contributed by atoms with van der Waals surface area (Å²) in [4.78, 5) is 20.8. The minimum absolute atomic E-state index is 0. The van der Waals surface area contributed by atoms with Crippen molar-refractivity contribution in [3.8, 4) is 0 Å². The highest BCUT2D eigenvalue weighted by atomic mass is 127. The van der Waals surface area contributed by atoms with E-state index in [2.05, 4.69) is 38.0 Å². The second kappa shape index (κ2) is 8.44. The average Bonchev–Trinajstić information content (AvgIpc) is 2.84. The highest BCUT2D eigenvalue weighted by Gasteiger charge is 2.41. The number of nitrogens with zero attached hydrogens (tertiary/aromatic N) is 3. The van der Waals surface area contributed by atoms with Gasteiger partial charge in [0.1, 0.15) is 0 Å². The molecule has 0 saturated carbocycles. The van der Waals surface area contributed by atoms with Gasteiger partial charge in [-0.1, -0.05) is 0 Å². The van der Waals surface area contributed by atoms with Crippen LogP contribution in [0.15, 0.2) is 4.99 Å². The van der Waals surface area contributed by atoms with Crippen molar-refractivity contribution in [2.75, 3.05) is 38.2 Å². The second-order valence-electron chi connectivity index (χ2n) is 7.45.